The van der Waals surface area contributed by atoms with Crippen molar-refractivity contribution in [3.05, 3.63) is 0 Å². The van der Waals surface area contributed by atoms with Crippen molar-refractivity contribution in [3.8, 4) is 0 Å². The molecule has 2 rings (SSSR count). The zero-order chi connectivity index (χ0) is 10.3. The number of carbonyl (C=O) groups is 2. The second-order valence-electron chi connectivity index (χ2n) is 3.96. The van der Waals surface area contributed by atoms with Gasteiger partial charge in [-0.1, -0.05) is 6.92 Å². The van der Waals surface area contributed by atoms with Crippen LogP contribution >= 0.6 is 0 Å². The Bertz CT molecular complexity index is 278. The molecule has 14 heavy (non-hydrogen) atoms. The fourth-order valence-electron chi connectivity index (χ4n) is 2.24. The largest absolute Gasteiger partial charge is 0.480 e. The number of hydrogen-bond acceptors (Lipinski definition) is 3. The fourth-order valence-corrected chi connectivity index (χ4v) is 2.24. The standard InChI is InChI=1S/C9H13NO4/c1-5-2-3-6(8(11)12)10-7(5)4-14-9(10)13/h5-7H,2-4H2,1H3,(H,11,12)/t5-,6+,7+/m1/s1. The number of nitrogens with zero attached hydrogens (tertiary/aromatic N) is 1. The number of hydrogen-bond donors (Lipinski definition) is 1. The molecule has 2 heterocycles. The highest BCUT2D eigenvalue weighted by atomic mass is 16.6. The first kappa shape index (κ1) is 9.30. The minimum absolute atomic E-state index is 0.0441. The summed E-state index contributed by atoms with van der Waals surface area (Å²) >= 11 is 0. The molecule has 78 valence electrons. The normalized spacial score (nSPS) is 36.5. The van der Waals surface area contributed by atoms with E-state index in [1.807, 2.05) is 6.92 Å². The van der Waals surface area contributed by atoms with E-state index in [0.29, 0.717) is 18.9 Å². The average Bonchev–Trinajstić information content (AvgIpc) is 2.50. The van der Waals surface area contributed by atoms with Gasteiger partial charge in [-0.15, -0.1) is 0 Å². The summed E-state index contributed by atoms with van der Waals surface area (Å²) in [4.78, 5) is 23.6. The molecule has 5 heteroatoms. The smallest absolute Gasteiger partial charge is 0.410 e. The summed E-state index contributed by atoms with van der Waals surface area (Å²) in [6.07, 6.45) is 0.894. The van der Waals surface area contributed by atoms with Gasteiger partial charge in [-0.25, -0.2) is 9.59 Å². The highest BCUT2D eigenvalue weighted by molar-refractivity contribution is 5.81. The number of aliphatic carboxylic acids is 1. The minimum Gasteiger partial charge on any atom is -0.480 e. The van der Waals surface area contributed by atoms with Crippen molar-refractivity contribution in [3.63, 3.8) is 0 Å². The number of carboxylic acids is 1. The van der Waals surface area contributed by atoms with Gasteiger partial charge in [0.15, 0.2) is 0 Å². The average molecular weight is 199 g/mol. The third-order valence-corrected chi connectivity index (χ3v) is 3.12. The summed E-state index contributed by atoms with van der Waals surface area (Å²) < 4.78 is 4.87. The van der Waals surface area contributed by atoms with Gasteiger partial charge in [0, 0.05) is 0 Å². The van der Waals surface area contributed by atoms with Crippen LogP contribution in [0.5, 0.6) is 0 Å². The first-order chi connectivity index (χ1) is 6.61. The second-order valence-corrected chi connectivity index (χ2v) is 3.96. The highest BCUT2D eigenvalue weighted by Crippen LogP contribution is 2.32. The van der Waals surface area contributed by atoms with E-state index in [1.54, 1.807) is 0 Å². The summed E-state index contributed by atoms with van der Waals surface area (Å²) in [6.45, 7) is 2.36. The molecule has 0 radical (unpaired) electrons. The Morgan fingerprint density at radius 3 is 2.93 bits per heavy atom. The van der Waals surface area contributed by atoms with Gasteiger partial charge < -0.3 is 9.84 Å². The van der Waals surface area contributed by atoms with Crippen LogP contribution in [0.25, 0.3) is 0 Å². The van der Waals surface area contributed by atoms with Gasteiger partial charge in [0.1, 0.15) is 12.6 Å². The molecular formula is C9H13NO4. The monoisotopic (exact) mass is 199 g/mol. The van der Waals surface area contributed by atoms with E-state index >= 15 is 0 Å². The van der Waals surface area contributed by atoms with Gasteiger partial charge in [-0.3, -0.25) is 4.90 Å². The molecule has 2 fully saturated rings. The van der Waals surface area contributed by atoms with E-state index in [0.717, 1.165) is 6.42 Å². The summed E-state index contributed by atoms with van der Waals surface area (Å²) in [6, 6.07) is -0.733. The third-order valence-electron chi connectivity index (χ3n) is 3.12. The van der Waals surface area contributed by atoms with Crippen LogP contribution < -0.4 is 0 Å². The molecular weight excluding hydrogens is 186 g/mol. The fraction of sp³-hybridized carbons (Fsp3) is 0.778. The maximum absolute atomic E-state index is 11.3. The lowest BCUT2D eigenvalue weighted by molar-refractivity contribution is -0.144. The molecule has 1 N–H and O–H groups in total. The van der Waals surface area contributed by atoms with Gasteiger partial charge in [0.25, 0.3) is 0 Å². The SMILES string of the molecule is C[C@@H]1CC[C@@H](C(=O)O)N2C(=O)OC[C@@H]12. The summed E-state index contributed by atoms with van der Waals surface area (Å²) in [5.74, 6) is -0.599. The predicted molar refractivity (Wildman–Crippen MR) is 46.8 cm³/mol. The van der Waals surface area contributed by atoms with E-state index in [-0.39, 0.29) is 6.04 Å². The molecule has 2 aliphatic heterocycles. The molecule has 0 unspecified atom stereocenters. The van der Waals surface area contributed by atoms with Crippen molar-refractivity contribution < 1.29 is 19.4 Å². The van der Waals surface area contributed by atoms with Crippen LogP contribution in [0.15, 0.2) is 0 Å². The molecule has 0 spiro atoms. The van der Waals surface area contributed by atoms with E-state index in [4.69, 9.17) is 9.84 Å². The van der Waals surface area contributed by atoms with Crippen LogP contribution in [0.2, 0.25) is 0 Å². The molecule has 0 aliphatic carbocycles. The zero-order valence-electron chi connectivity index (χ0n) is 7.97. The molecule has 3 atom stereocenters. The quantitative estimate of drug-likeness (QED) is 0.674. The number of amides is 1. The predicted octanol–water partition coefficient (Wildman–Crippen LogP) is 0.690. The van der Waals surface area contributed by atoms with Crippen molar-refractivity contribution in [1.29, 1.82) is 0 Å². The van der Waals surface area contributed by atoms with Crippen LogP contribution in [-0.2, 0) is 9.53 Å². The third kappa shape index (κ3) is 1.23. The van der Waals surface area contributed by atoms with Gasteiger partial charge >= 0.3 is 12.1 Å². The van der Waals surface area contributed by atoms with Gasteiger partial charge in [-0.2, -0.15) is 0 Å². The van der Waals surface area contributed by atoms with Crippen LogP contribution in [0.4, 0.5) is 4.79 Å². The molecule has 0 aromatic heterocycles. The van der Waals surface area contributed by atoms with Crippen molar-refractivity contribution in [2.24, 2.45) is 5.92 Å². The molecule has 0 bridgehead atoms. The van der Waals surface area contributed by atoms with E-state index in [9.17, 15) is 9.59 Å². The molecule has 5 nitrogen and oxygen atoms in total. The summed E-state index contributed by atoms with van der Waals surface area (Å²) in [5.41, 5.74) is 0. The van der Waals surface area contributed by atoms with E-state index in [2.05, 4.69) is 0 Å². The van der Waals surface area contributed by atoms with Crippen molar-refractivity contribution in [2.45, 2.75) is 31.8 Å². The van der Waals surface area contributed by atoms with E-state index < -0.39 is 18.1 Å². The summed E-state index contributed by atoms with van der Waals surface area (Å²) in [7, 11) is 0. The van der Waals surface area contributed by atoms with Crippen LogP contribution in [-0.4, -0.2) is 40.8 Å². The van der Waals surface area contributed by atoms with Gasteiger partial charge in [0.2, 0.25) is 0 Å². The van der Waals surface area contributed by atoms with Crippen LogP contribution in [0.3, 0.4) is 0 Å². The Labute approximate surface area is 81.6 Å². The maximum Gasteiger partial charge on any atom is 0.410 e. The lowest BCUT2D eigenvalue weighted by Crippen LogP contribution is -2.52. The Morgan fingerprint density at radius 1 is 1.57 bits per heavy atom. The van der Waals surface area contributed by atoms with Crippen LogP contribution in [0, 0.1) is 5.92 Å². The molecule has 2 aliphatic rings. The van der Waals surface area contributed by atoms with Gasteiger partial charge in [-0.05, 0) is 18.8 Å². The van der Waals surface area contributed by atoms with Crippen molar-refractivity contribution in [2.75, 3.05) is 6.61 Å². The number of cyclic esters (lactones) is 1. The second kappa shape index (κ2) is 3.15. The Morgan fingerprint density at radius 2 is 2.29 bits per heavy atom. The minimum atomic E-state index is -0.930. The molecule has 0 aromatic carbocycles. The van der Waals surface area contributed by atoms with E-state index in [1.165, 1.54) is 4.90 Å². The summed E-state index contributed by atoms with van der Waals surface area (Å²) in [5, 5.41) is 8.94. The number of carbonyl (C=O) groups excluding carboxylic acids is 1. The highest BCUT2D eigenvalue weighted by Gasteiger charge is 2.46. The topological polar surface area (TPSA) is 66.8 Å². The number of rotatable bonds is 1. The lowest BCUT2D eigenvalue weighted by Gasteiger charge is -2.36. The number of piperidine rings is 1. The van der Waals surface area contributed by atoms with Gasteiger partial charge in [0.05, 0.1) is 6.04 Å². The van der Waals surface area contributed by atoms with Crippen LogP contribution in [0.1, 0.15) is 19.8 Å². The maximum atomic E-state index is 11.3. The zero-order valence-corrected chi connectivity index (χ0v) is 7.97. The first-order valence-corrected chi connectivity index (χ1v) is 4.79. The first-order valence-electron chi connectivity index (χ1n) is 4.79. The Kier molecular flexibility index (Phi) is 2.09. The number of fused-ring (bicyclic) bond motifs is 1. The van der Waals surface area contributed by atoms with Crippen molar-refractivity contribution in [1.82, 2.24) is 4.90 Å². The molecule has 2 saturated heterocycles. The Balaban J connectivity index is 2.23. The molecule has 0 aromatic rings. The molecule has 0 saturated carbocycles. The molecule has 1 amide bonds. The lowest BCUT2D eigenvalue weighted by atomic mass is 9.88. The number of ether oxygens (including phenoxy) is 1. The van der Waals surface area contributed by atoms with Crippen molar-refractivity contribution >= 4 is 12.1 Å². The Hall–Kier alpha value is -1.26. The number of carboxylic acid groups (broad SMARTS) is 1.